The van der Waals surface area contributed by atoms with E-state index in [0.717, 1.165) is 24.6 Å². The van der Waals surface area contributed by atoms with Gasteiger partial charge in [-0.25, -0.2) is 9.59 Å². The zero-order valence-corrected chi connectivity index (χ0v) is 39.4. The fraction of sp³-hybridized carbons (Fsp3) is 0.667. The number of carbonyl (C=O) groups is 3. The van der Waals surface area contributed by atoms with Crippen molar-refractivity contribution in [1.82, 2.24) is 9.80 Å². The molecule has 5 rings (SSSR count). The van der Waals surface area contributed by atoms with Crippen molar-refractivity contribution in [2.75, 3.05) is 47.0 Å². The first-order valence-electron chi connectivity index (χ1n) is 22.1. The van der Waals surface area contributed by atoms with Gasteiger partial charge < -0.3 is 19.3 Å². The summed E-state index contributed by atoms with van der Waals surface area (Å²) in [5, 5.41) is 0. The van der Waals surface area contributed by atoms with Crippen molar-refractivity contribution in [3.8, 4) is 0 Å². The molecule has 3 saturated heterocycles. The van der Waals surface area contributed by atoms with E-state index in [9.17, 15) is 19.1 Å². The van der Waals surface area contributed by atoms with E-state index in [-0.39, 0.29) is 58.3 Å². The van der Waals surface area contributed by atoms with E-state index < -0.39 is 66.2 Å². The second-order valence-electron chi connectivity index (χ2n) is 17.5. The number of likely N-dealkylation sites (N-methyl/N-ethyl adjacent to an activating group) is 1. The summed E-state index contributed by atoms with van der Waals surface area (Å²) < 4.78 is 67.8. The first kappa shape index (κ1) is 50.7. The standard InChI is InChI=1S/C45H67B2N2O13P/c1-10-29(2)37-40(63-47-46-53)31(4)38(58-32(5)50)41(60-37)59-36-30(3)25-45(42(51)54-9,62-39(36)35-28-57-44(6,7)61-35)56-24-23-48(8)21-22-49(26-33-17-13-11-14-18-33)43(52)55-27-34-19-15-12-16-20-34/h11-20,29-31,35-41,47,63H,10,21-28H2,1-9H3/t29-,30+,31+,35+,36+,37?,38?,39?,40-,41-,45+/m0/s1. The molecule has 3 aliphatic heterocycles. The Morgan fingerprint density at radius 1 is 0.984 bits per heavy atom. The van der Waals surface area contributed by atoms with Gasteiger partial charge in [-0.05, 0) is 32.0 Å². The van der Waals surface area contributed by atoms with E-state index in [1.807, 2.05) is 86.5 Å². The van der Waals surface area contributed by atoms with Crippen LogP contribution in [0.25, 0.3) is 0 Å². The Morgan fingerprint density at radius 2 is 1.67 bits per heavy atom. The average molecular weight is 897 g/mol. The summed E-state index contributed by atoms with van der Waals surface area (Å²) in [6.07, 6.45) is -3.85. The summed E-state index contributed by atoms with van der Waals surface area (Å²) in [5.41, 5.74) is 1.84. The molecule has 12 atom stereocenters. The van der Waals surface area contributed by atoms with Crippen molar-refractivity contribution >= 4 is 40.4 Å². The van der Waals surface area contributed by atoms with Crippen LogP contribution in [-0.2, 0) is 70.1 Å². The summed E-state index contributed by atoms with van der Waals surface area (Å²) >= 11 is 0. The fourth-order valence-corrected chi connectivity index (χ4v) is 10.1. The van der Waals surface area contributed by atoms with Gasteiger partial charge in [0, 0.05) is 26.2 Å². The second kappa shape index (κ2) is 23.8. The monoisotopic (exact) mass is 896 g/mol. The summed E-state index contributed by atoms with van der Waals surface area (Å²) in [7, 11) is 4.40. The molecule has 4 unspecified atom stereocenters. The minimum absolute atomic E-state index is 0.0311. The summed E-state index contributed by atoms with van der Waals surface area (Å²) in [4.78, 5) is 43.5. The number of rotatable bonds is 21. The van der Waals surface area contributed by atoms with Gasteiger partial charge in [-0.1, -0.05) is 60.7 Å². The summed E-state index contributed by atoms with van der Waals surface area (Å²) in [6, 6.07) is 19.3. The van der Waals surface area contributed by atoms with Crippen LogP contribution in [0, 0.1) is 17.8 Å². The van der Waals surface area contributed by atoms with Crippen LogP contribution in [0.5, 0.6) is 0 Å². The molecule has 3 fully saturated rings. The molecule has 15 nitrogen and oxygen atoms in total. The van der Waals surface area contributed by atoms with Gasteiger partial charge in [0.05, 0.1) is 13.7 Å². The molecule has 2 aromatic rings. The SMILES string of the molecule is CC[C@H](C)C1O[C@H](O[C@H]2C([C@H]3COC(C)(C)O3)O[C@@](OCCN(C)CCN(Cc3ccccc3)C(=O)OCc3ccccc3)(C(=O)OC)C[C@H]2C)C(OC(C)=O)[C@@H](C)[C@@H]1PBB=O. The van der Waals surface area contributed by atoms with Crippen molar-refractivity contribution < 1.29 is 61.7 Å². The van der Waals surface area contributed by atoms with Gasteiger partial charge in [0.15, 0.2) is 0 Å². The van der Waals surface area contributed by atoms with Crippen molar-refractivity contribution in [3.63, 3.8) is 0 Å². The first-order chi connectivity index (χ1) is 30.1. The molecule has 346 valence electrons. The third kappa shape index (κ3) is 13.9. The van der Waals surface area contributed by atoms with E-state index >= 15 is 0 Å². The predicted octanol–water partition coefficient (Wildman–Crippen LogP) is 5.31. The second-order valence-corrected chi connectivity index (χ2v) is 18.9. The van der Waals surface area contributed by atoms with E-state index in [1.165, 1.54) is 14.0 Å². The fourth-order valence-electron chi connectivity index (χ4n) is 8.53. The number of hydrogen-bond donors (Lipinski definition) is 0. The average Bonchev–Trinajstić information content (AvgIpc) is 3.64. The summed E-state index contributed by atoms with van der Waals surface area (Å²) in [5.74, 6) is -4.40. The Bertz CT molecular complexity index is 1770. The molecule has 3 heterocycles. The third-order valence-corrected chi connectivity index (χ3v) is 13.9. The number of benzene rings is 2. The summed E-state index contributed by atoms with van der Waals surface area (Å²) in [6.45, 7) is 15.5. The molecular formula is C45H67B2N2O13P. The Kier molecular flexibility index (Phi) is 19.1. The molecule has 0 aromatic heterocycles. The van der Waals surface area contributed by atoms with Gasteiger partial charge in [0.25, 0.3) is 0 Å². The predicted molar refractivity (Wildman–Crippen MR) is 239 cm³/mol. The number of carbonyl (C=O) groups excluding carboxylic acids is 3. The Hall–Kier alpha value is -3.27. The van der Waals surface area contributed by atoms with Crippen LogP contribution in [0.4, 0.5) is 4.79 Å². The van der Waals surface area contributed by atoms with Crippen LogP contribution < -0.4 is 0 Å². The van der Waals surface area contributed by atoms with E-state index in [4.69, 9.17) is 42.6 Å². The van der Waals surface area contributed by atoms with Gasteiger partial charge in [-0.2, -0.15) is 0 Å². The van der Waals surface area contributed by atoms with Crippen LogP contribution in [0.1, 0.15) is 72.4 Å². The van der Waals surface area contributed by atoms with Crippen molar-refractivity contribution in [3.05, 3.63) is 71.8 Å². The molecule has 3 aliphatic rings. The normalized spacial score (nSPS) is 29.8. The van der Waals surface area contributed by atoms with Gasteiger partial charge in [0.1, 0.15) is 6.61 Å². The van der Waals surface area contributed by atoms with E-state index in [0.29, 0.717) is 33.1 Å². The van der Waals surface area contributed by atoms with Crippen LogP contribution in [-0.4, -0.2) is 143 Å². The van der Waals surface area contributed by atoms with Crippen LogP contribution in [0.3, 0.4) is 0 Å². The van der Waals surface area contributed by atoms with Gasteiger partial charge in [-0.15, -0.1) is 0 Å². The van der Waals surface area contributed by atoms with E-state index in [2.05, 4.69) is 13.8 Å². The number of hydrogen-bond acceptors (Lipinski definition) is 14. The molecule has 0 saturated carbocycles. The molecule has 0 radical (unpaired) electrons. The van der Waals surface area contributed by atoms with Gasteiger partial charge in [0.2, 0.25) is 0 Å². The quantitative estimate of drug-likeness (QED) is 0.0688. The molecule has 0 spiro atoms. The van der Waals surface area contributed by atoms with Gasteiger partial charge in [-0.3, -0.25) is 0 Å². The molecular weight excluding hydrogens is 829 g/mol. The Morgan fingerprint density at radius 3 is 2.27 bits per heavy atom. The molecule has 0 aliphatic carbocycles. The molecule has 1 amide bonds. The third-order valence-electron chi connectivity index (χ3n) is 12.2. The molecule has 63 heavy (non-hydrogen) atoms. The maximum atomic E-state index is 13.8. The zero-order valence-electron chi connectivity index (χ0n) is 38.4. The molecule has 0 N–H and O–H groups in total. The number of amides is 1. The maximum absolute atomic E-state index is 13.8. The minimum atomic E-state index is -1.83. The van der Waals surface area contributed by atoms with Crippen LogP contribution in [0.15, 0.2) is 60.7 Å². The number of methoxy groups -OCH3 is 1. The van der Waals surface area contributed by atoms with Crippen molar-refractivity contribution in [2.24, 2.45) is 17.8 Å². The number of ether oxygens (including phenoxy) is 9. The van der Waals surface area contributed by atoms with Crippen molar-refractivity contribution in [1.29, 1.82) is 0 Å². The van der Waals surface area contributed by atoms with Crippen LogP contribution >= 0.6 is 8.46 Å². The Balaban J connectivity index is 1.31. The topological polar surface area (TPSA) is 158 Å². The number of esters is 2. The van der Waals surface area contributed by atoms with Crippen molar-refractivity contribution in [2.45, 2.75) is 129 Å². The first-order valence-corrected chi connectivity index (χ1v) is 23.4. The molecule has 18 heteroatoms. The van der Waals surface area contributed by atoms with E-state index in [1.54, 1.807) is 18.7 Å². The van der Waals surface area contributed by atoms with Crippen LogP contribution in [0.2, 0.25) is 0 Å². The molecule has 2 aromatic carbocycles. The molecule has 0 bridgehead atoms. The zero-order chi connectivity index (χ0) is 45.7. The Labute approximate surface area is 376 Å². The number of nitrogens with zero attached hydrogens (tertiary/aromatic N) is 2. The van der Waals surface area contributed by atoms with Gasteiger partial charge >= 0.3 is 209 Å².